The fourth-order valence-corrected chi connectivity index (χ4v) is 1.79. The first-order valence-corrected chi connectivity index (χ1v) is 5.93. The van der Waals surface area contributed by atoms with Crippen LogP contribution in [-0.4, -0.2) is 24.7 Å². The second-order valence-electron chi connectivity index (χ2n) is 3.12. The van der Waals surface area contributed by atoms with Crippen molar-refractivity contribution in [3.05, 3.63) is 0 Å². The molecule has 0 amide bonds. The summed E-state index contributed by atoms with van der Waals surface area (Å²) in [6, 6.07) is 0. The third kappa shape index (κ3) is 4.02. The van der Waals surface area contributed by atoms with Gasteiger partial charge in [0.05, 0.1) is 12.7 Å². The molecule has 0 heterocycles. The Morgan fingerprint density at radius 1 is 1.27 bits per heavy atom. The van der Waals surface area contributed by atoms with E-state index in [1.54, 1.807) is 0 Å². The Balaban J connectivity index is 1.96. The van der Waals surface area contributed by atoms with E-state index in [4.69, 9.17) is 4.74 Å². The molecule has 0 spiro atoms. The minimum absolute atomic E-state index is 0.593. The van der Waals surface area contributed by atoms with E-state index in [0.717, 1.165) is 12.4 Å². The van der Waals surface area contributed by atoms with Crippen LogP contribution in [0.25, 0.3) is 0 Å². The average Bonchev–Trinajstić information content (AvgIpc) is 2.07. The molecule has 1 aliphatic rings. The molecule has 2 heteroatoms. The zero-order chi connectivity index (χ0) is 7.94. The number of ether oxygens (including phenoxy) is 1. The van der Waals surface area contributed by atoms with Gasteiger partial charge in [-0.1, -0.05) is 19.3 Å². The summed E-state index contributed by atoms with van der Waals surface area (Å²) in [7, 11) is 0. The minimum atomic E-state index is 0.593. The summed E-state index contributed by atoms with van der Waals surface area (Å²) < 4.78 is 5.70. The van der Waals surface area contributed by atoms with Crippen molar-refractivity contribution in [1.82, 2.24) is 0 Å². The Morgan fingerprint density at radius 3 is 2.64 bits per heavy atom. The van der Waals surface area contributed by atoms with Crippen molar-refractivity contribution in [1.29, 1.82) is 0 Å². The Labute approximate surface area is 73.9 Å². The van der Waals surface area contributed by atoms with Crippen LogP contribution in [0.5, 0.6) is 0 Å². The first-order chi connectivity index (χ1) is 5.43. The predicted molar refractivity (Wildman–Crippen MR) is 51.2 cm³/mol. The number of rotatable bonds is 4. The molecule has 1 aliphatic carbocycles. The zero-order valence-electron chi connectivity index (χ0n) is 7.34. The van der Waals surface area contributed by atoms with E-state index >= 15 is 0 Å². The number of hydrogen-bond donors (Lipinski definition) is 0. The van der Waals surface area contributed by atoms with Gasteiger partial charge < -0.3 is 4.74 Å². The predicted octanol–water partition coefficient (Wildman–Crippen LogP) is 2.70. The molecular weight excluding hydrogens is 156 g/mol. The standard InChI is InChI=1S/C9H18OS/c1-11-8-7-10-9-5-3-2-4-6-9/h9H,2-8H2,1H3. The van der Waals surface area contributed by atoms with Crippen molar-refractivity contribution in [2.24, 2.45) is 0 Å². The maximum atomic E-state index is 5.70. The highest BCUT2D eigenvalue weighted by Crippen LogP contribution is 2.20. The molecule has 66 valence electrons. The smallest absolute Gasteiger partial charge is 0.0575 e. The zero-order valence-corrected chi connectivity index (χ0v) is 8.16. The Morgan fingerprint density at radius 2 is 2.00 bits per heavy atom. The number of hydrogen-bond acceptors (Lipinski definition) is 2. The molecule has 0 bridgehead atoms. The largest absolute Gasteiger partial charge is 0.377 e. The molecule has 1 saturated carbocycles. The van der Waals surface area contributed by atoms with Gasteiger partial charge >= 0.3 is 0 Å². The molecule has 0 atom stereocenters. The Bertz CT molecular complexity index is 89.6. The summed E-state index contributed by atoms with van der Waals surface area (Å²) in [6.07, 6.45) is 9.50. The van der Waals surface area contributed by atoms with Gasteiger partial charge in [0.25, 0.3) is 0 Å². The highest BCUT2D eigenvalue weighted by atomic mass is 32.2. The van der Waals surface area contributed by atoms with Crippen LogP contribution in [0, 0.1) is 0 Å². The van der Waals surface area contributed by atoms with Gasteiger partial charge in [-0.15, -0.1) is 0 Å². The third-order valence-electron chi connectivity index (χ3n) is 2.19. The fourth-order valence-electron chi connectivity index (χ4n) is 1.53. The lowest BCUT2D eigenvalue weighted by Crippen LogP contribution is -2.17. The molecule has 0 aromatic rings. The molecule has 11 heavy (non-hydrogen) atoms. The van der Waals surface area contributed by atoms with E-state index in [2.05, 4.69) is 6.26 Å². The number of thioether (sulfide) groups is 1. The van der Waals surface area contributed by atoms with E-state index in [9.17, 15) is 0 Å². The molecule has 0 aromatic carbocycles. The Kier molecular flexibility index (Phi) is 5.04. The van der Waals surface area contributed by atoms with Crippen LogP contribution in [0.4, 0.5) is 0 Å². The van der Waals surface area contributed by atoms with Crippen molar-refractivity contribution in [3.63, 3.8) is 0 Å². The third-order valence-corrected chi connectivity index (χ3v) is 2.77. The van der Waals surface area contributed by atoms with Crippen LogP contribution in [0.1, 0.15) is 32.1 Å². The van der Waals surface area contributed by atoms with Crippen LogP contribution in [-0.2, 0) is 4.74 Å². The lowest BCUT2D eigenvalue weighted by molar-refractivity contribution is 0.0385. The molecular formula is C9H18OS. The molecule has 0 saturated heterocycles. The summed E-state index contributed by atoms with van der Waals surface area (Å²) in [6.45, 7) is 0.950. The monoisotopic (exact) mass is 174 g/mol. The molecule has 0 radical (unpaired) electrons. The highest BCUT2D eigenvalue weighted by molar-refractivity contribution is 7.98. The quantitative estimate of drug-likeness (QED) is 0.606. The van der Waals surface area contributed by atoms with Crippen molar-refractivity contribution in [2.45, 2.75) is 38.2 Å². The first kappa shape index (κ1) is 9.40. The minimum Gasteiger partial charge on any atom is -0.377 e. The topological polar surface area (TPSA) is 9.23 Å². The molecule has 0 aromatic heterocycles. The Hall–Kier alpha value is 0.310. The second kappa shape index (κ2) is 5.90. The van der Waals surface area contributed by atoms with Gasteiger partial charge in [0.1, 0.15) is 0 Å². The molecule has 0 unspecified atom stereocenters. The van der Waals surface area contributed by atoms with Gasteiger partial charge in [0, 0.05) is 5.75 Å². The van der Waals surface area contributed by atoms with Crippen molar-refractivity contribution < 1.29 is 4.74 Å². The van der Waals surface area contributed by atoms with Crippen molar-refractivity contribution >= 4 is 11.8 Å². The van der Waals surface area contributed by atoms with Crippen molar-refractivity contribution in [2.75, 3.05) is 18.6 Å². The van der Waals surface area contributed by atoms with E-state index in [1.165, 1.54) is 32.1 Å². The van der Waals surface area contributed by atoms with E-state index in [0.29, 0.717) is 6.10 Å². The van der Waals surface area contributed by atoms with Gasteiger partial charge in [-0.05, 0) is 19.1 Å². The summed E-state index contributed by atoms with van der Waals surface area (Å²) >= 11 is 1.87. The normalized spacial score (nSPS) is 20.5. The summed E-state index contributed by atoms with van der Waals surface area (Å²) in [5.74, 6) is 1.15. The second-order valence-corrected chi connectivity index (χ2v) is 4.11. The van der Waals surface area contributed by atoms with E-state index in [-0.39, 0.29) is 0 Å². The average molecular weight is 174 g/mol. The lowest BCUT2D eigenvalue weighted by atomic mass is 9.98. The summed E-state index contributed by atoms with van der Waals surface area (Å²) in [5.41, 5.74) is 0. The lowest BCUT2D eigenvalue weighted by Gasteiger charge is -2.21. The van der Waals surface area contributed by atoms with Crippen LogP contribution >= 0.6 is 11.8 Å². The van der Waals surface area contributed by atoms with Gasteiger partial charge in [-0.3, -0.25) is 0 Å². The molecule has 1 rings (SSSR count). The SMILES string of the molecule is CSCCOC1CCCCC1. The molecule has 0 N–H and O–H groups in total. The molecule has 0 aliphatic heterocycles. The van der Waals surface area contributed by atoms with Gasteiger partial charge in [0.2, 0.25) is 0 Å². The van der Waals surface area contributed by atoms with Gasteiger partial charge in [-0.25, -0.2) is 0 Å². The van der Waals surface area contributed by atoms with Crippen LogP contribution < -0.4 is 0 Å². The van der Waals surface area contributed by atoms with Crippen LogP contribution in [0.2, 0.25) is 0 Å². The van der Waals surface area contributed by atoms with Crippen LogP contribution in [0.3, 0.4) is 0 Å². The maximum Gasteiger partial charge on any atom is 0.0575 e. The maximum absolute atomic E-state index is 5.70. The molecule has 1 fully saturated rings. The summed E-state index contributed by atoms with van der Waals surface area (Å²) in [4.78, 5) is 0. The first-order valence-electron chi connectivity index (χ1n) is 4.54. The highest BCUT2D eigenvalue weighted by Gasteiger charge is 2.12. The fraction of sp³-hybridized carbons (Fsp3) is 1.00. The van der Waals surface area contributed by atoms with E-state index in [1.807, 2.05) is 11.8 Å². The van der Waals surface area contributed by atoms with Gasteiger partial charge in [0.15, 0.2) is 0 Å². The van der Waals surface area contributed by atoms with Crippen molar-refractivity contribution in [3.8, 4) is 0 Å². The molecule has 1 nitrogen and oxygen atoms in total. The van der Waals surface area contributed by atoms with E-state index < -0.39 is 0 Å². The summed E-state index contributed by atoms with van der Waals surface area (Å²) in [5, 5.41) is 0. The van der Waals surface area contributed by atoms with Crippen LogP contribution in [0.15, 0.2) is 0 Å². The van der Waals surface area contributed by atoms with Gasteiger partial charge in [-0.2, -0.15) is 11.8 Å².